The number of hydrazone groups is 1. The van der Waals surface area contributed by atoms with Gasteiger partial charge < -0.3 is 0 Å². The molecular weight excluding hydrogens is 406 g/mol. The zero-order valence-corrected chi connectivity index (χ0v) is 17.7. The van der Waals surface area contributed by atoms with Crippen LogP contribution >= 0.6 is 11.3 Å². The summed E-state index contributed by atoms with van der Waals surface area (Å²) in [5.74, 6) is -0.524. The lowest BCUT2D eigenvalue weighted by molar-refractivity contribution is -0.119. The standard InChI is InChI=1S/C21H21N3O3S2/c1-16-9-6-7-12-19(16)24(29(26,27)18-10-4-3-5-11-18)15-21(25)23-22-17(2)20-13-8-14-28-20/h3-14H,15H2,1-2H3,(H,23,25)/b22-17-. The number of hydrogen-bond donors (Lipinski definition) is 1. The van der Waals surface area contributed by atoms with Crippen LogP contribution in [0.3, 0.4) is 0 Å². The average Bonchev–Trinajstić information content (AvgIpc) is 3.26. The van der Waals surface area contributed by atoms with Crippen molar-refractivity contribution in [3.63, 3.8) is 0 Å². The lowest BCUT2D eigenvalue weighted by atomic mass is 10.2. The molecule has 150 valence electrons. The van der Waals surface area contributed by atoms with Crippen LogP contribution < -0.4 is 9.73 Å². The first-order valence-electron chi connectivity index (χ1n) is 8.90. The topological polar surface area (TPSA) is 78.8 Å². The highest BCUT2D eigenvalue weighted by molar-refractivity contribution is 7.92. The summed E-state index contributed by atoms with van der Waals surface area (Å²) in [6.07, 6.45) is 0. The maximum absolute atomic E-state index is 13.3. The van der Waals surface area contributed by atoms with Gasteiger partial charge in [0.15, 0.2) is 0 Å². The van der Waals surface area contributed by atoms with Crippen LogP contribution in [0.1, 0.15) is 17.4 Å². The summed E-state index contributed by atoms with van der Waals surface area (Å²) in [6, 6.07) is 18.9. The average molecular weight is 428 g/mol. The molecule has 0 bridgehead atoms. The van der Waals surface area contributed by atoms with E-state index in [9.17, 15) is 13.2 Å². The molecule has 0 radical (unpaired) electrons. The van der Waals surface area contributed by atoms with Gasteiger partial charge in [0.1, 0.15) is 6.54 Å². The molecule has 0 atom stereocenters. The number of carbonyl (C=O) groups is 1. The molecule has 0 saturated carbocycles. The van der Waals surface area contributed by atoms with Crippen molar-refractivity contribution < 1.29 is 13.2 Å². The minimum Gasteiger partial charge on any atom is -0.271 e. The second kappa shape index (κ2) is 9.02. The van der Waals surface area contributed by atoms with Crippen LogP contribution in [0.15, 0.2) is 82.1 Å². The fourth-order valence-corrected chi connectivity index (χ4v) is 4.90. The highest BCUT2D eigenvalue weighted by Gasteiger charge is 2.28. The summed E-state index contributed by atoms with van der Waals surface area (Å²) in [7, 11) is -3.93. The molecule has 8 heteroatoms. The van der Waals surface area contributed by atoms with Gasteiger partial charge in [-0.05, 0) is 49.1 Å². The fourth-order valence-electron chi connectivity index (χ4n) is 2.71. The number of amides is 1. The first-order chi connectivity index (χ1) is 13.9. The van der Waals surface area contributed by atoms with Gasteiger partial charge in [0.05, 0.1) is 16.3 Å². The number of hydrogen-bond acceptors (Lipinski definition) is 5. The number of benzene rings is 2. The van der Waals surface area contributed by atoms with Gasteiger partial charge in [-0.1, -0.05) is 42.5 Å². The number of aryl methyl sites for hydroxylation is 1. The third-order valence-electron chi connectivity index (χ3n) is 4.23. The predicted octanol–water partition coefficient (Wildman–Crippen LogP) is 3.79. The Kier molecular flexibility index (Phi) is 6.46. The first-order valence-corrected chi connectivity index (χ1v) is 11.2. The van der Waals surface area contributed by atoms with Crippen molar-refractivity contribution in [3.05, 3.63) is 82.6 Å². The van der Waals surface area contributed by atoms with E-state index in [2.05, 4.69) is 10.5 Å². The van der Waals surface area contributed by atoms with E-state index in [1.54, 1.807) is 50.2 Å². The molecule has 3 rings (SSSR count). The molecule has 1 amide bonds. The summed E-state index contributed by atoms with van der Waals surface area (Å²) in [4.78, 5) is 13.6. The first kappa shape index (κ1) is 20.8. The molecule has 0 spiro atoms. The molecule has 0 saturated heterocycles. The van der Waals surface area contributed by atoms with Gasteiger partial charge in [0.2, 0.25) is 0 Å². The minimum atomic E-state index is -3.93. The van der Waals surface area contributed by atoms with E-state index >= 15 is 0 Å². The molecule has 1 N–H and O–H groups in total. The van der Waals surface area contributed by atoms with Crippen molar-refractivity contribution in [3.8, 4) is 0 Å². The molecule has 0 fully saturated rings. The number of sulfonamides is 1. The molecular formula is C21H21N3O3S2. The van der Waals surface area contributed by atoms with Gasteiger partial charge in [-0.15, -0.1) is 11.3 Å². The normalized spacial score (nSPS) is 11.9. The smallest absolute Gasteiger partial charge is 0.264 e. The monoisotopic (exact) mass is 427 g/mol. The number of nitrogens with one attached hydrogen (secondary N) is 1. The molecule has 0 aliphatic heterocycles. The third-order valence-corrected chi connectivity index (χ3v) is 6.98. The summed E-state index contributed by atoms with van der Waals surface area (Å²) in [5, 5.41) is 6.02. The quantitative estimate of drug-likeness (QED) is 0.460. The number of para-hydroxylation sites is 1. The van der Waals surface area contributed by atoms with Gasteiger partial charge >= 0.3 is 0 Å². The van der Waals surface area contributed by atoms with Gasteiger partial charge in [0, 0.05) is 4.88 Å². The van der Waals surface area contributed by atoms with E-state index in [-0.39, 0.29) is 11.4 Å². The zero-order chi connectivity index (χ0) is 20.9. The van der Waals surface area contributed by atoms with Gasteiger partial charge in [0.25, 0.3) is 15.9 Å². The number of anilines is 1. The van der Waals surface area contributed by atoms with Crippen LogP contribution in [-0.2, 0) is 14.8 Å². The Morgan fingerprint density at radius 1 is 1.03 bits per heavy atom. The molecule has 1 heterocycles. The van der Waals surface area contributed by atoms with E-state index in [4.69, 9.17) is 0 Å². The van der Waals surface area contributed by atoms with Crippen molar-refractivity contribution in [2.24, 2.45) is 5.10 Å². The maximum Gasteiger partial charge on any atom is 0.264 e. The largest absolute Gasteiger partial charge is 0.271 e. The summed E-state index contributed by atoms with van der Waals surface area (Å²) < 4.78 is 27.6. The van der Waals surface area contributed by atoms with Crippen LogP contribution in [0.2, 0.25) is 0 Å². The second-order valence-corrected chi connectivity index (χ2v) is 9.13. The van der Waals surface area contributed by atoms with Crippen molar-refractivity contribution in [2.45, 2.75) is 18.7 Å². The second-order valence-electron chi connectivity index (χ2n) is 6.32. The Balaban J connectivity index is 1.89. The predicted molar refractivity (Wildman–Crippen MR) is 117 cm³/mol. The minimum absolute atomic E-state index is 0.120. The molecule has 3 aromatic rings. The van der Waals surface area contributed by atoms with Gasteiger partial charge in [-0.3, -0.25) is 9.10 Å². The van der Waals surface area contributed by atoms with Gasteiger partial charge in [-0.2, -0.15) is 5.10 Å². The van der Waals surface area contributed by atoms with Crippen LogP contribution in [0, 0.1) is 6.92 Å². The van der Waals surface area contributed by atoms with Crippen molar-refractivity contribution in [1.82, 2.24) is 5.43 Å². The highest BCUT2D eigenvalue weighted by atomic mass is 32.2. The molecule has 29 heavy (non-hydrogen) atoms. The Morgan fingerprint density at radius 2 is 1.72 bits per heavy atom. The van der Waals surface area contributed by atoms with Crippen LogP contribution in [0.25, 0.3) is 0 Å². The zero-order valence-electron chi connectivity index (χ0n) is 16.1. The van der Waals surface area contributed by atoms with E-state index in [0.717, 1.165) is 14.7 Å². The maximum atomic E-state index is 13.3. The Morgan fingerprint density at radius 3 is 2.38 bits per heavy atom. The number of carbonyl (C=O) groups excluding carboxylic acids is 1. The number of nitrogens with zero attached hydrogens (tertiary/aromatic N) is 2. The Bertz CT molecular complexity index is 1110. The van der Waals surface area contributed by atoms with Crippen molar-refractivity contribution >= 4 is 38.7 Å². The van der Waals surface area contributed by atoms with E-state index in [1.165, 1.54) is 23.5 Å². The highest BCUT2D eigenvalue weighted by Crippen LogP contribution is 2.26. The number of thiophene rings is 1. The van der Waals surface area contributed by atoms with Crippen molar-refractivity contribution in [1.29, 1.82) is 0 Å². The SMILES string of the molecule is C/C(=N/NC(=O)CN(c1ccccc1C)S(=O)(=O)c1ccccc1)c1cccs1. The van der Waals surface area contributed by atoms with E-state index in [1.807, 2.05) is 23.6 Å². The van der Waals surface area contributed by atoms with Crippen LogP contribution in [0.5, 0.6) is 0 Å². The molecule has 0 aliphatic carbocycles. The Labute approximate surface area is 174 Å². The van der Waals surface area contributed by atoms with Crippen molar-refractivity contribution in [2.75, 3.05) is 10.8 Å². The summed E-state index contributed by atoms with van der Waals surface area (Å²) in [6.45, 7) is 3.20. The third kappa shape index (κ3) is 4.90. The molecule has 1 aromatic heterocycles. The van der Waals surface area contributed by atoms with E-state index in [0.29, 0.717) is 11.4 Å². The summed E-state index contributed by atoms with van der Waals surface area (Å²) >= 11 is 1.51. The molecule has 2 aromatic carbocycles. The molecule has 0 aliphatic rings. The lowest BCUT2D eigenvalue weighted by Crippen LogP contribution is -2.40. The number of rotatable bonds is 7. The summed E-state index contributed by atoms with van der Waals surface area (Å²) in [5.41, 5.74) is 4.32. The fraction of sp³-hybridized carbons (Fsp3) is 0.143. The molecule has 0 unspecified atom stereocenters. The van der Waals surface area contributed by atoms with Crippen LogP contribution in [-0.4, -0.2) is 26.6 Å². The van der Waals surface area contributed by atoms with E-state index < -0.39 is 15.9 Å². The van der Waals surface area contributed by atoms with Gasteiger partial charge in [-0.25, -0.2) is 13.8 Å². The van der Waals surface area contributed by atoms with Crippen LogP contribution in [0.4, 0.5) is 5.69 Å². The Hall–Kier alpha value is -2.97. The molecule has 6 nitrogen and oxygen atoms in total. The lowest BCUT2D eigenvalue weighted by Gasteiger charge is -2.25.